The monoisotopic (exact) mass is 238 g/mol. The van der Waals surface area contributed by atoms with E-state index >= 15 is 0 Å². The highest BCUT2D eigenvalue weighted by Crippen LogP contribution is 2.15. The standard InChI is InChI=1S/C12H15FN2O2/c1-8-2-3-9(13)10(6-8)15-12(16)11-7-17-5-4-14-11/h2-3,6,11,14H,4-5,7H2,1H3,(H,15,16). The molecule has 2 N–H and O–H groups in total. The summed E-state index contributed by atoms with van der Waals surface area (Å²) in [4.78, 5) is 11.8. The first kappa shape index (κ1) is 12.0. The van der Waals surface area contributed by atoms with E-state index in [2.05, 4.69) is 10.6 Å². The number of carbonyl (C=O) groups excluding carboxylic acids is 1. The van der Waals surface area contributed by atoms with Gasteiger partial charge in [-0.15, -0.1) is 0 Å². The molecule has 0 bridgehead atoms. The fourth-order valence-electron chi connectivity index (χ4n) is 1.69. The van der Waals surface area contributed by atoms with Crippen LogP contribution in [0.2, 0.25) is 0 Å². The van der Waals surface area contributed by atoms with Crippen LogP contribution in [0.25, 0.3) is 0 Å². The number of anilines is 1. The Bertz CT molecular complexity index is 417. The summed E-state index contributed by atoms with van der Waals surface area (Å²) in [6.45, 7) is 3.40. The number of hydrogen-bond acceptors (Lipinski definition) is 3. The second-order valence-electron chi connectivity index (χ2n) is 4.05. The van der Waals surface area contributed by atoms with Gasteiger partial charge < -0.3 is 15.4 Å². The molecule has 1 heterocycles. The van der Waals surface area contributed by atoms with E-state index in [0.717, 1.165) is 5.56 Å². The zero-order chi connectivity index (χ0) is 12.3. The van der Waals surface area contributed by atoms with Crippen molar-refractivity contribution in [1.29, 1.82) is 0 Å². The fraction of sp³-hybridized carbons (Fsp3) is 0.417. The van der Waals surface area contributed by atoms with Gasteiger partial charge in [0.25, 0.3) is 0 Å². The molecule has 4 nitrogen and oxygen atoms in total. The number of aryl methyl sites for hydroxylation is 1. The van der Waals surface area contributed by atoms with Gasteiger partial charge in [-0.1, -0.05) is 6.07 Å². The number of morpholine rings is 1. The van der Waals surface area contributed by atoms with Crippen LogP contribution >= 0.6 is 0 Å². The fourth-order valence-corrected chi connectivity index (χ4v) is 1.69. The number of nitrogens with one attached hydrogen (secondary N) is 2. The molecule has 17 heavy (non-hydrogen) atoms. The van der Waals surface area contributed by atoms with Gasteiger partial charge in [0.1, 0.15) is 11.9 Å². The van der Waals surface area contributed by atoms with Crippen LogP contribution < -0.4 is 10.6 Å². The van der Waals surface area contributed by atoms with Crippen molar-refractivity contribution < 1.29 is 13.9 Å². The average molecular weight is 238 g/mol. The minimum atomic E-state index is -0.430. The Labute approximate surface area is 99.2 Å². The molecule has 0 spiro atoms. The van der Waals surface area contributed by atoms with E-state index in [1.54, 1.807) is 12.1 Å². The maximum absolute atomic E-state index is 13.4. The van der Waals surface area contributed by atoms with Crippen molar-refractivity contribution in [2.75, 3.05) is 25.1 Å². The van der Waals surface area contributed by atoms with Crippen LogP contribution in [0.4, 0.5) is 10.1 Å². The van der Waals surface area contributed by atoms with E-state index in [9.17, 15) is 9.18 Å². The first-order valence-electron chi connectivity index (χ1n) is 5.55. The van der Waals surface area contributed by atoms with Crippen molar-refractivity contribution in [1.82, 2.24) is 5.32 Å². The Kier molecular flexibility index (Phi) is 3.71. The SMILES string of the molecule is Cc1ccc(F)c(NC(=O)C2COCCN2)c1. The topological polar surface area (TPSA) is 50.4 Å². The van der Waals surface area contributed by atoms with Crippen LogP contribution in [0.5, 0.6) is 0 Å². The number of halogens is 1. The van der Waals surface area contributed by atoms with Crippen LogP contribution in [-0.4, -0.2) is 31.7 Å². The van der Waals surface area contributed by atoms with Crippen molar-refractivity contribution in [3.05, 3.63) is 29.6 Å². The van der Waals surface area contributed by atoms with Crippen molar-refractivity contribution in [2.45, 2.75) is 13.0 Å². The molecule has 0 aromatic heterocycles. The van der Waals surface area contributed by atoms with Crippen molar-refractivity contribution in [3.8, 4) is 0 Å². The highest BCUT2D eigenvalue weighted by Gasteiger charge is 2.21. The quantitative estimate of drug-likeness (QED) is 0.810. The van der Waals surface area contributed by atoms with Gasteiger partial charge in [-0.3, -0.25) is 4.79 Å². The third-order valence-electron chi connectivity index (χ3n) is 2.62. The number of benzene rings is 1. The molecule has 1 aromatic rings. The Morgan fingerprint density at radius 1 is 1.59 bits per heavy atom. The van der Waals surface area contributed by atoms with Crippen molar-refractivity contribution in [3.63, 3.8) is 0 Å². The number of amides is 1. The van der Waals surface area contributed by atoms with Gasteiger partial charge in [0.15, 0.2) is 0 Å². The molecule has 1 fully saturated rings. The van der Waals surface area contributed by atoms with E-state index in [-0.39, 0.29) is 11.6 Å². The first-order valence-corrected chi connectivity index (χ1v) is 5.55. The largest absolute Gasteiger partial charge is 0.378 e. The number of rotatable bonds is 2. The summed E-state index contributed by atoms with van der Waals surface area (Å²) in [5.41, 5.74) is 1.11. The lowest BCUT2D eigenvalue weighted by molar-refractivity contribution is -0.120. The lowest BCUT2D eigenvalue weighted by Crippen LogP contribution is -2.48. The zero-order valence-electron chi connectivity index (χ0n) is 9.63. The minimum Gasteiger partial charge on any atom is -0.378 e. The summed E-state index contributed by atoms with van der Waals surface area (Å²) >= 11 is 0. The Morgan fingerprint density at radius 3 is 3.12 bits per heavy atom. The van der Waals surface area contributed by atoms with Crippen LogP contribution in [-0.2, 0) is 9.53 Å². The highest BCUT2D eigenvalue weighted by atomic mass is 19.1. The van der Waals surface area contributed by atoms with Crippen molar-refractivity contribution in [2.24, 2.45) is 0 Å². The predicted molar refractivity (Wildman–Crippen MR) is 62.4 cm³/mol. The van der Waals surface area contributed by atoms with Gasteiger partial charge in [-0.25, -0.2) is 4.39 Å². The number of hydrogen-bond donors (Lipinski definition) is 2. The molecule has 1 aliphatic rings. The summed E-state index contributed by atoms with van der Waals surface area (Å²) in [6.07, 6.45) is 0. The van der Waals surface area contributed by atoms with Crippen LogP contribution in [0, 0.1) is 12.7 Å². The Hall–Kier alpha value is -1.46. The van der Waals surface area contributed by atoms with Gasteiger partial charge in [0.2, 0.25) is 5.91 Å². The molecule has 0 aliphatic carbocycles. The zero-order valence-corrected chi connectivity index (χ0v) is 9.63. The predicted octanol–water partition coefficient (Wildman–Crippen LogP) is 1.06. The molecular weight excluding hydrogens is 223 g/mol. The molecular formula is C12H15FN2O2. The molecule has 5 heteroatoms. The minimum absolute atomic E-state index is 0.211. The molecule has 1 saturated heterocycles. The molecule has 0 radical (unpaired) electrons. The van der Waals surface area contributed by atoms with Crippen molar-refractivity contribution >= 4 is 11.6 Å². The molecule has 2 rings (SSSR count). The lowest BCUT2D eigenvalue weighted by Gasteiger charge is -2.23. The number of ether oxygens (including phenoxy) is 1. The molecule has 1 amide bonds. The molecule has 1 aromatic carbocycles. The smallest absolute Gasteiger partial charge is 0.243 e. The highest BCUT2D eigenvalue weighted by molar-refractivity contribution is 5.95. The van der Waals surface area contributed by atoms with Gasteiger partial charge in [0, 0.05) is 6.54 Å². The Balaban J connectivity index is 2.04. The number of carbonyl (C=O) groups is 1. The van der Waals surface area contributed by atoms with E-state index in [4.69, 9.17) is 4.74 Å². The molecule has 92 valence electrons. The van der Waals surface area contributed by atoms with Gasteiger partial charge >= 0.3 is 0 Å². The molecule has 1 unspecified atom stereocenters. The lowest BCUT2D eigenvalue weighted by atomic mass is 10.2. The van der Waals surface area contributed by atoms with Crippen LogP contribution in [0.1, 0.15) is 5.56 Å². The summed E-state index contributed by atoms with van der Waals surface area (Å²) in [5.74, 6) is -0.699. The van der Waals surface area contributed by atoms with E-state index in [0.29, 0.717) is 19.8 Å². The molecule has 1 aliphatic heterocycles. The third kappa shape index (κ3) is 3.01. The summed E-state index contributed by atoms with van der Waals surface area (Å²) in [6, 6.07) is 4.20. The van der Waals surface area contributed by atoms with Crippen LogP contribution in [0.3, 0.4) is 0 Å². The van der Waals surface area contributed by atoms with Gasteiger partial charge in [0.05, 0.1) is 18.9 Å². The normalized spacial score (nSPS) is 20.0. The van der Waals surface area contributed by atoms with E-state index in [1.165, 1.54) is 6.07 Å². The van der Waals surface area contributed by atoms with Crippen LogP contribution in [0.15, 0.2) is 18.2 Å². The third-order valence-corrected chi connectivity index (χ3v) is 2.62. The maximum atomic E-state index is 13.4. The van der Waals surface area contributed by atoms with E-state index in [1.807, 2.05) is 6.92 Å². The summed E-state index contributed by atoms with van der Waals surface area (Å²) in [7, 11) is 0. The van der Waals surface area contributed by atoms with Gasteiger partial charge in [-0.2, -0.15) is 0 Å². The second kappa shape index (κ2) is 5.25. The van der Waals surface area contributed by atoms with Gasteiger partial charge in [-0.05, 0) is 24.6 Å². The summed E-state index contributed by atoms with van der Waals surface area (Å²) in [5, 5.41) is 5.58. The molecule has 0 saturated carbocycles. The molecule has 1 atom stereocenters. The summed E-state index contributed by atoms with van der Waals surface area (Å²) < 4.78 is 18.6. The second-order valence-corrected chi connectivity index (χ2v) is 4.05. The average Bonchev–Trinajstić information content (AvgIpc) is 2.35. The maximum Gasteiger partial charge on any atom is 0.243 e. The Morgan fingerprint density at radius 2 is 2.41 bits per heavy atom. The van der Waals surface area contributed by atoms with E-state index < -0.39 is 11.9 Å². The first-order chi connectivity index (χ1) is 8.16.